The number of ether oxygens (including phenoxy) is 4. The molecule has 0 N–H and O–H groups in total. The van der Waals surface area contributed by atoms with Gasteiger partial charge in [0.15, 0.2) is 29.2 Å². The Hall–Kier alpha value is -4.06. The van der Waals surface area contributed by atoms with Crippen molar-refractivity contribution in [1.82, 2.24) is 0 Å². The number of esters is 2. The summed E-state index contributed by atoms with van der Waals surface area (Å²) >= 11 is 0. The molecule has 0 radical (unpaired) electrons. The summed E-state index contributed by atoms with van der Waals surface area (Å²) in [6.45, 7) is 2.81. The van der Waals surface area contributed by atoms with Crippen LogP contribution in [0.25, 0.3) is 11.1 Å². The lowest BCUT2D eigenvalue weighted by Crippen LogP contribution is -2.34. The smallest absolute Gasteiger partial charge is 0.425 e. The van der Waals surface area contributed by atoms with Crippen LogP contribution in [0, 0.1) is 17.5 Å². The van der Waals surface area contributed by atoms with Crippen LogP contribution in [0.3, 0.4) is 0 Å². The third kappa shape index (κ3) is 13.0. The Bertz CT molecular complexity index is 1510. The third-order valence-electron chi connectivity index (χ3n) is 8.01. The Morgan fingerprint density at radius 1 is 0.660 bits per heavy atom. The van der Waals surface area contributed by atoms with E-state index in [1.165, 1.54) is 82.0 Å². The molecule has 0 heterocycles. The van der Waals surface area contributed by atoms with E-state index in [1.807, 2.05) is 0 Å². The van der Waals surface area contributed by atoms with Crippen LogP contribution in [0.5, 0.6) is 11.5 Å². The van der Waals surface area contributed by atoms with E-state index in [1.54, 1.807) is 6.07 Å². The molecule has 3 rings (SSSR count). The first-order valence-electron chi connectivity index (χ1n) is 16.9. The summed E-state index contributed by atoms with van der Waals surface area (Å²) < 4.78 is 104. The largest absolute Gasteiger partial charge is 0.491 e. The molecule has 1 unspecified atom stereocenters. The fourth-order valence-corrected chi connectivity index (χ4v) is 5.17. The number of carbonyl (C=O) groups is 2. The topological polar surface area (TPSA) is 71.1 Å². The zero-order chi connectivity index (χ0) is 36.5. The highest BCUT2D eigenvalue weighted by Gasteiger charge is 2.42. The summed E-state index contributed by atoms with van der Waals surface area (Å²) in [5, 5.41) is 0. The molecule has 0 aromatic heterocycles. The van der Waals surface area contributed by atoms with Crippen molar-refractivity contribution in [3.8, 4) is 22.6 Å². The quantitative estimate of drug-likeness (QED) is 0.0474. The van der Waals surface area contributed by atoms with E-state index in [2.05, 4.69) is 11.7 Å². The summed E-state index contributed by atoms with van der Waals surface area (Å²) in [4.78, 5) is 25.0. The molecule has 0 aliphatic heterocycles. The Labute approximate surface area is 289 Å². The van der Waals surface area contributed by atoms with Gasteiger partial charge in [-0.05, 0) is 67.1 Å². The van der Waals surface area contributed by atoms with Gasteiger partial charge in [0, 0.05) is 19.8 Å². The van der Waals surface area contributed by atoms with Gasteiger partial charge in [-0.3, -0.25) is 0 Å². The molecule has 0 aliphatic carbocycles. The van der Waals surface area contributed by atoms with Gasteiger partial charge < -0.3 is 18.9 Å². The molecule has 0 bridgehead atoms. The molecule has 0 amide bonds. The number of rotatable bonds is 21. The van der Waals surface area contributed by atoms with Crippen molar-refractivity contribution in [3.63, 3.8) is 0 Å². The highest BCUT2D eigenvalue weighted by molar-refractivity contribution is 5.92. The van der Waals surface area contributed by atoms with Crippen molar-refractivity contribution in [2.45, 2.75) is 96.3 Å². The standard InChI is InChI=1S/C38H44F6O6/c1-3-4-5-6-7-8-9-10-12-22-48-33-20-19-28(23-31(33)40)26-15-17-27(18-16-26)36(45)49-34-25-30(39)29(24-32(34)41)37(46)50-35(38(42,43)44)14-11-13-21-47-2/h15-20,23-25,35H,3-14,21-22H2,1-2H3. The molecule has 12 heteroatoms. The summed E-state index contributed by atoms with van der Waals surface area (Å²) in [6.07, 6.45) is 2.70. The van der Waals surface area contributed by atoms with E-state index in [9.17, 15) is 35.9 Å². The first kappa shape index (κ1) is 40.4. The number of benzene rings is 3. The molecule has 0 aliphatic rings. The molecule has 6 nitrogen and oxygen atoms in total. The van der Waals surface area contributed by atoms with Crippen LogP contribution < -0.4 is 9.47 Å². The minimum absolute atomic E-state index is 0.00953. The summed E-state index contributed by atoms with van der Waals surface area (Å²) in [6, 6.07) is 10.9. The molecule has 0 fully saturated rings. The van der Waals surface area contributed by atoms with Crippen molar-refractivity contribution in [2.24, 2.45) is 0 Å². The maximum Gasteiger partial charge on any atom is 0.425 e. The molecule has 274 valence electrons. The molecule has 3 aromatic rings. The minimum atomic E-state index is -4.93. The van der Waals surface area contributed by atoms with E-state index in [-0.39, 0.29) is 30.8 Å². The van der Waals surface area contributed by atoms with Crippen LogP contribution in [0.15, 0.2) is 54.6 Å². The van der Waals surface area contributed by atoms with Gasteiger partial charge in [0.2, 0.25) is 0 Å². The second kappa shape index (κ2) is 20.6. The number of methoxy groups -OCH3 is 1. The number of halogens is 6. The van der Waals surface area contributed by atoms with Gasteiger partial charge in [-0.15, -0.1) is 0 Å². The van der Waals surface area contributed by atoms with E-state index in [0.29, 0.717) is 29.9 Å². The maximum absolute atomic E-state index is 14.8. The average molecular weight is 711 g/mol. The van der Waals surface area contributed by atoms with E-state index >= 15 is 0 Å². The lowest BCUT2D eigenvalue weighted by atomic mass is 10.0. The van der Waals surface area contributed by atoms with Gasteiger partial charge in [0.25, 0.3) is 0 Å². The molecule has 0 saturated heterocycles. The fourth-order valence-electron chi connectivity index (χ4n) is 5.17. The minimum Gasteiger partial charge on any atom is -0.491 e. The lowest BCUT2D eigenvalue weighted by Gasteiger charge is -2.21. The Morgan fingerprint density at radius 2 is 1.26 bits per heavy atom. The van der Waals surface area contributed by atoms with Crippen molar-refractivity contribution in [2.75, 3.05) is 20.3 Å². The van der Waals surface area contributed by atoms with Crippen LogP contribution >= 0.6 is 0 Å². The molecule has 0 saturated carbocycles. The van der Waals surface area contributed by atoms with E-state index < -0.39 is 59.4 Å². The lowest BCUT2D eigenvalue weighted by molar-refractivity contribution is -0.206. The predicted molar refractivity (Wildman–Crippen MR) is 177 cm³/mol. The Morgan fingerprint density at radius 3 is 1.88 bits per heavy atom. The maximum atomic E-state index is 14.8. The number of alkyl halides is 3. The third-order valence-corrected chi connectivity index (χ3v) is 8.01. The van der Waals surface area contributed by atoms with Crippen molar-refractivity contribution in [3.05, 3.63) is 83.2 Å². The zero-order valence-corrected chi connectivity index (χ0v) is 28.4. The van der Waals surface area contributed by atoms with Crippen LogP contribution in [0.2, 0.25) is 0 Å². The predicted octanol–water partition coefficient (Wildman–Crippen LogP) is 10.8. The first-order valence-corrected chi connectivity index (χ1v) is 16.9. The second-order valence-electron chi connectivity index (χ2n) is 12.0. The molecule has 3 aromatic carbocycles. The molecule has 1 atom stereocenters. The van der Waals surface area contributed by atoms with Crippen LogP contribution in [-0.2, 0) is 9.47 Å². The number of carbonyl (C=O) groups excluding carboxylic acids is 2. The van der Waals surface area contributed by atoms with Gasteiger partial charge in [-0.2, -0.15) is 13.2 Å². The van der Waals surface area contributed by atoms with Crippen molar-refractivity contribution < 1.29 is 54.9 Å². The van der Waals surface area contributed by atoms with Gasteiger partial charge >= 0.3 is 18.1 Å². The van der Waals surface area contributed by atoms with Gasteiger partial charge in [-0.1, -0.05) is 76.5 Å². The summed E-state index contributed by atoms with van der Waals surface area (Å²) in [5.41, 5.74) is -0.0806. The monoisotopic (exact) mass is 710 g/mol. The zero-order valence-electron chi connectivity index (χ0n) is 28.4. The molecule has 0 spiro atoms. The molecule has 50 heavy (non-hydrogen) atoms. The van der Waals surface area contributed by atoms with Crippen LogP contribution in [0.1, 0.15) is 105 Å². The summed E-state index contributed by atoms with van der Waals surface area (Å²) in [7, 11) is 1.38. The summed E-state index contributed by atoms with van der Waals surface area (Å²) in [5.74, 6) is -6.91. The second-order valence-corrected chi connectivity index (χ2v) is 12.0. The average Bonchev–Trinajstić information content (AvgIpc) is 3.08. The van der Waals surface area contributed by atoms with Gasteiger partial charge in [0.1, 0.15) is 5.82 Å². The van der Waals surface area contributed by atoms with Crippen molar-refractivity contribution in [1.29, 1.82) is 0 Å². The highest BCUT2D eigenvalue weighted by Crippen LogP contribution is 2.30. The van der Waals surface area contributed by atoms with Gasteiger partial charge in [0.05, 0.1) is 17.7 Å². The van der Waals surface area contributed by atoms with Crippen LogP contribution in [-0.4, -0.2) is 44.5 Å². The first-order chi connectivity index (χ1) is 23.9. The number of unbranched alkanes of at least 4 members (excludes halogenated alkanes) is 9. The Balaban J connectivity index is 1.54. The SMILES string of the molecule is CCCCCCCCCCCOc1ccc(-c2ccc(C(=O)Oc3cc(F)c(C(=O)OC(CCCCOC)C(F)(F)F)cc3F)cc2)cc1F. The highest BCUT2D eigenvalue weighted by atomic mass is 19.4. The van der Waals surface area contributed by atoms with E-state index in [0.717, 1.165) is 19.3 Å². The number of hydrogen-bond acceptors (Lipinski definition) is 6. The number of hydrogen-bond donors (Lipinski definition) is 0. The molecular weight excluding hydrogens is 666 g/mol. The Kier molecular flexibility index (Phi) is 16.6. The normalized spacial score (nSPS) is 12.1. The van der Waals surface area contributed by atoms with Crippen molar-refractivity contribution >= 4 is 11.9 Å². The van der Waals surface area contributed by atoms with E-state index in [4.69, 9.17) is 14.2 Å². The van der Waals surface area contributed by atoms with Crippen LogP contribution in [0.4, 0.5) is 26.3 Å². The molecular formula is C38H44F6O6. The van der Waals surface area contributed by atoms with Gasteiger partial charge in [-0.25, -0.2) is 22.8 Å². The fraction of sp³-hybridized carbons (Fsp3) is 0.474.